The largest absolute Gasteiger partial charge is 0.415 e. The summed E-state index contributed by atoms with van der Waals surface area (Å²) in [5, 5.41) is 3.17. The Labute approximate surface area is 169 Å². The molecule has 29 heavy (non-hydrogen) atoms. The first kappa shape index (κ1) is 19.4. The van der Waals surface area contributed by atoms with Crippen LogP contribution in [0.5, 0.6) is 5.75 Å². The highest BCUT2D eigenvalue weighted by Crippen LogP contribution is 2.39. The van der Waals surface area contributed by atoms with E-state index in [2.05, 4.69) is 5.32 Å². The van der Waals surface area contributed by atoms with E-state index in [1.165, 1.54) is 24.3 Å². The molecule has 2 aromatic rings. The molecule has 5 nitrogen and oxygen atoms in total. The molecule has 0 aromatic heterocycles. The Kier molecular flexibility index (Phi) is 5.79. The zero-order chi connectivity index (χ0) is 20.2. The van der Waals surface area contributed by atoms with Crippen molar-refractivity contribution >= 4 is 12.0 Å². The van der Waals surface area contributed by atoms with Crippen molar-refractivity contribution in [1.29, 1.82) is 0 Å². The van der Waals surface area contributed by atoms with Gasteiger partial charge in [-0.2, -0.15) is 0 Å². The second-order valence-corrected chi connectivity index (χ2v) is 7.85. The molecule has 0 radical (unpaired) electrons. The molecular weight excluding hydrogens is 371 g/mol. The molecule has 0 spiro atoms. The van der Waals surface area contributed by atoms with Crippen LogP contribution in [0.1, 0.15) is 36.0 Å². The molecule has 0 bridgehead atoms. The van der Waals surface area contributed by atoms with E-state index < -0.39 is 0 Å². The molecule has 1 atom stereocenters. The van der Waals surface area contributed by atoms with Crippen LogP contribution in [0.15, 0.2) is 54.6 Å². The minimum Gasteiger partial charge on any atom is -0.410 e. The number of nitrogens with zero attached hydrogens (tertiary/aromatic N) is 1. The first-order chi connectivity index (χ1) is 14.1. The number of rotatable bonds is 5. The van der Waals surface area contributed by atoms with E-state index in [9.17, 15) is 14.0 Å². The molecule has 1 aliphatic carbocycles. The van der Waals surface area contributed by atoms with Gasteiger partial charge in [0.1, 0.15) is 11.6 Å². The summed E-state index contributed by atoms with van der Waals surface area (Å²) in [6.45, 7) is 1.23. The fourth-order valence-corrected chi connectivity index (χ4v) is 4.01. The average Bonchev–Trinajstić information content (AvgIpc) is 3.58. The van der Waals surface area contributed by atoms with Gasteiger partial charge >= 0.3 is 6.09 Å². The molecule has 1 N–H and O–H groups in total. The Morgan fingerprint density at radius 3 is 2.17 bits per heavy atom. The fraction of sp³-hybridized carbons (Fsp3) is 0.391. The average molecular weight is 396 g/mol. The second kappa shape index (κ2) is 8.64. The maximum atomic E-state index is 13.1. The van der Waals surface area contributed by atoms with Gasteiger partial charge in [0.25, 0.3) is 5.91 Å². The van der Waals surface area contributed by atoms with Gasteiger partial charge in [-0.1, -0.05) is 18.2 Å². The predicted molar refractivity (Wildman–Crippen MR) is 107 cm³/mol. The van der Waals surface area contributed by atoms with E-state index in [-0.39, 0.29) is 23.9 Å². The number of hydrogen-bond donors (Lipinski definition) is 1. The third-order valence-electron chi connectivity index (χ3n) is 5.79. The summed E-state index contributed by atoms with van der Waals surface area (Å²) < 4.78 is 18.5. The van der Waals surface area contributed by atoms with E-state index >= 15 is 0 Å². The third kappa shape index (κ3) is 4.94. The van der Waals surface area contributed by atoms with Crippen molar-refractivity contribution in [3.63, 3.8) is 0 Å². The topological polar surface area (TPSA) is 58.6 Å². The van der Waals surface area contributed by atoms with Crippen molar-refractivity contribution in [3.05, 3.63) is 66.0 Å². The summed E-state index contributed by atoms with van der Waals surface area (Å²) in [6.07, 6.45) is 3.56. The molecule has 2 fully saturated rings. The molecule has 1 unspecified atom stereocenters. The second-order valence-electron chi connectivity index (χ2n) is 7.85. The summed E-state index contributed by atoms with van der Waals surface area (Å²) in [5.41, 5.74) is 0.473. The quantitative estimate of drug-likeness (QED) is 0.822. The minimum atomic E-state index is -0.352. The number of nitrogens with one attached hydrogen (secondary N) is 1. The van der Waals surface area contributed by atoms with Gasteiger partial charge < -0.3 is 15.0 Å². The summed E-state index contributed by atoms with van der Waals surface area (Å²) in [4.78, 5) is 26.7. The fourth-order valence-electron chi connectivity index (χ4n) is 4.01. The van der Waals surface area contributed by atoms with Crippen LogP contribution in [0.3, 0.4) is 0 Å². The van der Waals surface area contributed by atoms with E-state index in [1.807, 2.05) is 18.2 Å². The maximum Gasteiger partial charge on any atom is 0.415 e. The standard InChI is InChI=1S/C23H25FN2O3/c24-19-10-8-18(9-11-19)22(27)25-21(16-6-7-16)17-12-14-26(15-13-17)23(28)29-20-4-2-1-3-5-20/h1-5,8-11,16-17,21H,6-7,12-15H2,(H,25,27). The Hall–Kier alpha value is -2.89. The van der Waals surface area contributed by atoms with E-state index in [0.29, 0.717) is 36.2 Å². The highest BCUT2D eigenvalue weighted by atomic mass is 19.1. The molecule has 4 rings (SSSR count). The molecule has 6 heteroatoms. The van der Waals surface area contributed by atoms with Crippen LogP contribution >= 0.6 is 0 Å². The Morgan fingerprint density at radius 1 is 0.931 bits per heavy atom. The lowest BCUT2D eigenvalue weighted by molar-refractivity contribution is 0.0871. The van der Waals surface area contributed by atoms with Gasteiger partial charge in [-0.3, -0.25) is 4.79 Å². The van der Waals surface area contributed by atoms with Crippen LogP contribution in [-0.2, 0) is 0 Å². The van der Waals surface area contributed by atoms with Crippen LogP contribution in [0.25, 0.3) is 0 Å². The van der Waals surface area contributed by atoms with Crippen molar-refractivity contribution in [2.24, 2.45) is 11.8 Å². The minimum absolute atomic E-state index is 0.0971. The van der Waals surface area contributed by atoms with Gasteiger partial charge in [0.2, 0.25) is 0 Å². The van der Waals surface area contributed by atoms with Gasteiger partial charge in [0, 0.05) is 24.7 Å². The Balaban J connectivity index is 1.32. The number of ether oxygens (including phenoxy) is 1. The molecule has 2 amide bonds. The molecular formula is C23H25FN2O3. The van der Waals surface area contributed by atoms with Crippen LogP contribution < -0.4 is 10.1 Å². The predicted octanol–water partition coefficient (Wildman–Crippen LogP) is 4.25. The third-order valence-corrected chi connectivity index (χ3v) is 5.79. The van der Waals surface area contributed by atoms with Crippen LogP contribution in [0.2, 0.25) is 0 Å². The first-order valence-corrected chi connectivity index (χ1v) is 10.2. The van der Waals surface area contributed by atoms with Gasteiger partial charge in [-0.25, -0.2) is 9.18 Å². The number of amides is 2. The van der Waals surface area contributed by atoms with Crippen molar-refractivity contribution in [2.75, 3.05) is 13.1 Å². The van der Waals surface area contributed by atoms with E-state index in [1.54, 1.807) is 17.0 Å². The molecule has 1 saturated carbocycles. The number of piperidine rings is 1. The van der Waals surface area contributed by atoms with Crippen LogP contribution in [0.4, 0.5) is 9.18 Å². The normalized spacial score (nSPS) is 18.2. The van der Waals surface area contributed by atoms with Crippen molar-refractivity contribution in [2.45, 2.75) is 31.7 Å². The van der Waals surface area contributed by atoms with E-state index in [4.69, 9.17) is 4.74 Å². The lowest BCUT2D eigenvalue weighted by atomic mass is 9.86. The molecule has 1 aliphatic heterocycles. The number of hydrogen-bond acceptors (Lipinski definition) is 3. The number of benzene rings is 2. The number of carbonyl (C=O) groups excluding carboxylic acids is 2. The van der Waals surface area contributed by atoms with Gasteiger partial charge in [-0.15, -0.1) is 0 Å². The van der Waals surface area contributed by atoms with Crippen molar-refractivity contribution in [1.82, 2.24) is 10.2 Å². The monoisotopic (exact) mass is 396 g/mol. The first-order valence-electron chi connectivity index (χ1n) is 10.2. The highest BCUT2D eigenvalue weighted by Gasteiger charge is 2.39. The molecule has 2 aromatic carbocycles. The Bertz CT molecular complexity index is 844. The highest BCUT2D eigenvalue weighted by molar-refractivity contribution is 5.94. The molecule has 1 saturated heterocycles. The van der Waals surface area contributed by atoms with Gasteiger partial charge in [0.15, 0.2) is 0 Å². The Morgan fingerprint density at radius 2 is 1.55 bits per heavy atom. The zero-order valence-electron chi connectivity index (χ0n) is 16.2. The van der Waals surface area contributed by atoms with Crippen molar-refractivity contribution < 1.29 is 18.7 Å². The summed E-state index contributed by atoms with van der Waals surface area (Å²) in [7, 11) is 0. The van der Waals surface area contributed by atoms with Crippen molar-refractivity contribution in [3.8, 4) is 5.75 Å². The summed E-state index contributed by atoms with van der Waals surface area (Å²) in [5.74, 6) is 0.852. The van der Waals surface area contributed by atoms with Gasteiger partial charge in [-0.05, 0) is 73.9 Å². The summed E-state index contributed by atoms with van der Waals surface area (Å²) in [6, 6.07) is 14.8. The van der Waals surface area contributed by atoms with Crippen LogP contribution in [0, 0.1) is 17.7 Å². The molecule has 2 aliphatic rings. The smallest absolute Gasteiger partial charge is 0.410 e. The number of likely N-dealkylation sites (tertiary alicyclic amines) is 1. The summed E-state index contributed by atoms with van der Waals surface area (Å²) >= 11 is 0. The lowest BCUT2D eigenvalue weighted by Crippen LogP contribution is -2.48. The lowest BCUT2D eigenvalue weighted by Gasteiger charge is -2.36. The SMILES string of the molecule is O=C(NC(C1CC1)C1CCN(C(=O)Oc2ccccc2)CC1)c1ccc(F)cc1. The zero-order valence-corrected chi connectivity index (χ0v) is 16.2. The number of halogens is 1. The molecule has 152 valence electrons. The maximum absolute atomic E-state index is 13.1. The number of para-hydroxylation sites is 1. The van der Waals surface area contributed by atoms with E-state index in [0.717, 1.165) is 25.7 Å². The number of carbonyl (C=O) groups is 2. The molecule has 1 heterocycles. The van der Waals surface area contributed by atoms with Gasteiger partial charge in [0.05, 0.1) is 0 Å². The van der Waals surface area contributed by atoms with Crippen LogP contribution in [-0.4, -0.2) is 36.0 Å².